The average Bonchev–Trinajstić information content (AvgIpc) is 3.94. The Hall–Kier alpha value is -3.34. The molecule has 0 spiro atoms. The summed E-state index contributed by atoms with van der Waals surface area (Å²) in [6.45, 7) is 3.83. The maximum absolute atomic E-state index is 14.0. The first-order valence-electron chi connectivity index (χ1n) is 16.8. The van der Waals surface area contributed by atoms with Crippen molar-refractivity contribution < 1.29 is 23.2 Å². The van der Waals surface area contributed by atoms with Gasteiger partial charge in [-0.1, -0.05) is 6.07 Å². The molecule has 7 rings (SSSR count). The van der Waals surface area contributed by atoms with Crippen molar-refractivity contribution in [3.05, 3.63) is 47.3 Å². The standard InChI is InChI=1S/C34H44F2N6O3/c1-19(2)42-27(13-15-37-42)31(43)40-29(28(20-3-4-20)21-5-6-21)32(44)38-24-10-11-25-23(17-24)9-12-26(25)39-33(45)30(22-7-8-22)41-16-14-34(35,36)18-41/h10-11,13,15,17,19-22,26,28-30H,3-9,12,14,16,18H2,1-2H3,(H,38,44)(H,39,45)(H,40,43)/t26-,29+,30?/m1/s1. The van der Waals surface area contributed by atoms with Crippen LogP contribution in [0, 0.1) is 23.7 Å². The average molecular weight is 623 g/mol. The van der Waals surface area contributed by atoms with E-state index in [0.717, 1.165) is 62.5 Å². The van der Waals surface area contributed by atoms with E-state index in [-0.39, 0.29) is 61.2 Å². The highest BCUT2D eigenvalue weighted by atomic mass is 19.3. The van der Waals surface area contributed by atoms with E-state index in [1.807, 2.05) is 32.0 Å². The molecule has 3 saturated carbocycles. The molecule has 2 aromatic rings. The number of carbonyl (C=O) groups excluding carboxylic acids is 3. The minimum absolute atomic E-state index is 0.0141. The molecule has 1 unspecified atom stereocenters. The maximum Gasteiger partial charge on any atom is 0.270 e. The normalized spacial score (nSPS) is 24.0. The Kier molecular flexibility index (Phi) is 7.94. The fourth-order valence-electron chi connectivity index (χ4n) is 7.76. The van der Waals surface area contributed by atoms with Gasteiger partial charge in [-0.05, 0) is 118 Å². The lowest BCUT2D eigenvalue weighted by molar-refractivity contribution is -0.128. The Labute approximate surface area is 262 Å². The minimum Gasteiger partial charge on any atom is -0.348 e. The van der Waals surface area contributed by atoms with E-state index in [9.17, 15) is 23.2 Å². The Morgan fingerprint density at radius 1 is 0.956 bits per heavy atom. The molecule has 9 nitrogen and oxygen atoms in total. The van der Waals surface area contributed by atoms with Crippen LogP contribution in [-0.2, 0) is 16.0 Å². The van der Waals surface area contributed by atoms with Crippen LogP contribution in [0.3, 0.4) is 0 Å². The summed E-state index contributed by atoms with van der Waals surface area (Å²) in [6, 6.07) is 6.15. The number of aromatic nitrogens is 2. The number of fused-ring (bicyclic) bond motifs is 1. The Bertz CT molecular complexity index is 1450. The molecule has 1 saturated heterocycles. The van der Waals surface area contributed by atoms with E-state index < -0.39 is 18.0 Å². The van der Waals surface area contributed by atoms with Crippen LogP contribution >= 0.6 is 0 Å². The van der Waals surface area contributed by atoms with E-state index in [1.54, 1.807) is 21.8 Å². The van der Waals surface area contributed by atoms with Crippen LogP contribution in [0.15, 0.2) is 30.5 Å². The number of nitrogens with one attached hydrogen (secondary N) is 3. The van der Waals surface area contributed by atoms with Gasteiger partial charge in [-0.2, -0.15) is 5.10 Å². The molecule has 2 heterocycles. The zero-order chi connectivity index (χ0) is 31.5. The second-order valence-electron chi connectivity index (χ2n) is 14.3. The molecule has 11 heteroatoms. The third-order valence-electron chi connectivity index (χ3n) is 10.4. The van der Waals surface area contributed by atoms with Gasteiger partial charge in [0.25, 0.3) is 11.8 Å². The van der Waals surface area contributed by atoms with Crippen LogP contribution in [0.1, 0.15) is 98.9 Å². The number of benzene rings is 1. The van der Waals surface area contributed by atoms with E-state index in [0.29, 0.717) is 23.2 Å². The van der Waals surface area contributed by atoms with Crippen molar-refractivity contribution in [2.75, 3.05) is 18.4 Å². The van der Waals surface area contributed by atoms with Gasteiger partial charge in [-0.15, -0.1) is 0 Å². The number of halogens is 2. The highest BCUT2D eigenvalue weighted by molar-refractivity contribution is 6.01. The monoisotopic (exact) mass is 622 g/mol. The van der Waals surface area contributed by atoms with E-state index in [2.05, 4.69) is 21.0 Å². The van der Waals surface area contributed by atoms with Gasteiger partial charge in [0.15, 0.2) is 0 Å². The molecule has 5 aliphatic rings. The summed E-state index contributed by atoms with van der Waals surface area (Å²) in [5.41, 5.74) is 3.17. The highest BCUT2D eigenvalue weighted by Gasteiger charge is 2.49. The number of likely N-dealkylation sites (tertiary alicyclic amines) is 1. The van der Waals surface area contributed by atoms with Crippen molar-refractivity contribution in [2.45, 2.75) is 102 Å². The SMILES string of the molecule is CC(C)n1nccc1C(=O)N[C@H](C(=O)Nc1ccc2c(c1)CC[C@H]2NC(=O)C(C1CC1)N1CCC(F)(F)C1)C(C1CC1)C1CC1. The number of rotatable bonds is 12. The molecule has 1 aromatic heterocycles. The summed E-state index contributed by atoms with van der Waals surface area (Å²) in [5.74, 6) is -2.25. The minimum atomic E-state index is -2.73. The zero-order valence-electron chi connectivity index (χ0n) is 26.1. The predicted octanol–water partition coefficient (Wildman–Crippen LogP) is 4.86. The lowest BCUT2D eigenvalue weighted by Gasteiger charge is -2.28. The number of hydrogen-bond donors (Lipinski definition) is 3. The molecule has 4 fully saturated rings. The summed E-state index contributed by atoms with van der Waals surface area (Å²) < 4.78 is 29.6. The van der Waals surface area contributed by atoms with Crippen molar-refractivity contribution in [1.82, 2.24) is 25.3 Å². The summed E-state index contributed by atoms with van der Waals surface area (Å²) >= 11 is 0. The molecule has 1 aromatic carbocycles. The maximum atomic E-state index is 14.0. The van der Waals surface area contributed by atoms with Crippen LogP contribution in [0.2, 0.25) is 0 Å². The third-order valence-corrected chi connectivity index (χ3v) is 10.4. The largest absolute Gasteiger partial charge is 0.348 e. The Balaban J connectivity index is 1.04. The van der Waals surface area contributed by atoms with Crippen molar-refractivity contribution in [2.24, 2.45) is 23.7 Å². The number of hydrogen-bond acceptors (Lipinski definition) is 5. The molecule has 0 bridgehead atoms. The Morgan fingerprint density at radius 3 is 2.29 bits per heavy atom. The third kappa shape index (κ3) is 6.50. The smallest absolute Gasteiger partial charge is 0.270 e. The van der Waals surface area contributed by atoms with Crippen LogP contribution in [0.4, 0.5) is 14.5 Å². The van der Waals surface area contributed by atoms with Gasteiger partial charge in [0.05, 0.1) is 18.6 Å². The molecule has 3 atom stereocenters. The van der Waals surface area contributed by atoms with Crippen molar-refractivity contribution in [3.8, 4) is 0 Å². The second kappa shape index (κ2) is 11.8. The number of amides is 3. The van der Waals surface area contributed by atoms with Crippen LogP contribution in [0.5, 0.6) is 0 Å². The predicted molar refractivity (Wildman–Crippen MR) is 165 cm³/mol. The summed E-state index contributed by atoms with van der Waals surface area (Å²) in [7, 11) is 0. The molecule has 3 N–H and O–H groups in total. The summed E-state index contributed by atoms with van der Waals surface area (Å²) in [4.78, 5) is 42.4. The van der Waals surface area contributed by atoms with E-state index >= 15 is 0 Å². The topological polar surface area (TPSA) is 108 Å². The summed E-state index contributed by atoms with van der Waals surface area (Å²) in [5, 5.41) is 13.7. The number of alkyl halides is 2. The van der Waals surface area contributed by atoms with Gasteiger partial charge < -0.3 is 16.0 Å². The molecule has 45 heavy (non-hydrogen) atoms. The molecule has 4 aliphatic carbocycles. The van der Waals surface area contributed by atoms with Gasteiger partial charge >= 0.3 is 0 Å². The molecule has 242 valence electrons. The lowest BCUT2D eigenvalue weighted by Crippen LogP contribution is -2.50. The van der Waals surface area contributed by atoms with Gasteiger partial charge in [-0.3, -0.25) is 24.0 Å². The van der Waals surface area contributed by atoms with Crippen molar-refractivity contribution in [3.63, 3.8) is 0 Å². The number of carbonyl (C=O) groups is 3. The molecule has 0 radical (unpaired) electrons. The number of anilines is 1. The van der Waals surface area contributed by atoms with E-state index in [4.69, 9.17) is 0 Å². The van der Waals surface area contributed by atoms with Gasteiger partial charge in [-0.25, -0.2) is 8.78 Å². The summed E-state index contributed by atoms with van der Waals surface area (Å²) in [6.07, 6.45) is 9.00. The van der Waals surface area contributed by atoms with Crippen LogP contribution in [-0.4, -0.2) is 63.5 Å². The van der Waals surface area contributed by atoms with Gasteiger partial charge in [0.2, 0.25) is 11.8 Å². The van der Waals surface area contributed by atoms with E-state index in [1.165, 1.54) is 0 Å². The fourth-order valence-corrected chi connectivity index (χ4v) is 7.76. The van der Waals surface area contributed by atoms with Crippen molar-refractivity contribution in [1.29, 1.82) is 0 Å². The number of aryl methyl sites for hydroxylation is 1. The first kappa shape index (κ1) is 30.3. The molecule has 3 amide bonds. The highest BCUT2D eigenvalue weighted by Crippen LogP contribution is 2.51. The van der Waals surface area contributed by atoms with Gasteiger partial charge in [0.1, 0.15) is 11.7 Å². The van der Waals surface area contributed by atoms with Crippen molar-refractivity contribution >= 4 is 23.4 Å². The van der Waals surface area contributed by atoms with Crippen LogP contribution in [0.25, 0.3) is 0 Å². The second-order valence-corrected chi connectivity index (χ2v) is 14.3. The first-order valence-corrected chi connectivity index (χ1v) is 16.8. The lowest BCUT2D eigenvalue weighted by atomic mass is 9.88. The molecule has 1 aliphatic heterocycles. The molecular weight excluding hydrogens is 578 g/mol. The number of nitrogens with zero attached hydrogens (tertiary/aromatic N) is 3. The van der Waals surface area contributed by atoms with Gasteiger partial charge in [0, 0.05) is 30.9 Å². The quantitative estimate of drug-likeness (QED) is 0.314. The zero-order valence-corrected chi connectivity index (χ0v) is 26.1. The first-order chi connectivity index (χ1) is 21.6. The Morgan fingerprint density at radius 2 is 1.67 bits per heavy atom. The van der Waals surface area contributed by atoms with Crippen LogP contribution < -0.4 is 16.0 Å². The molecular formula is C34H44F2N6O3. The fraction of sp³-hybridized carbons (Fsp3) is 0.647.